The number of nitrogens with zero attached hydrogens (tertiary/aromatic N) is 1. The van der Waals surface area contributed by atoms with Crippen molar-refractivity contribution < 1.29 is 32.6 Å². The predicted molar refractivity (Wildman–Crippen MR) is 81.5 cm³/mol. The number of nitrogens with two attached hydrogens (primary N) is 1. The number of primary amides is 1. The third kappa shape index (κ3) is 4.02. The Bertz CT molecular complexity index is 723. The van der Waals surface area contributed by atoms with Gasteiger partial charge in [-0.25, -0.2) is 0 Å². The Kier molecular flexibility index (Phi) is 5.39. The highest BCUT2D eigenvalue weighted by Crippen LogP contribution is 2.34. The fraction of sp³-hybridized carbons (Fsp3) is 0.214. The molecule has 7 nitrogen and oxygen atoms in total. The molecule has 0 atom stereocenters. The van der Waals surface area contributed by atoms with Gasteiger partial charge in [-0.2, -0.15) is 8.78 Å². The predicted octanol–water partition coefficient (Wildman–Crippen LogP) is 1.82. The van der Waals surface area contributed by atoms with Crippen molar-refractivity contribution in [3.63, 3.8) is 0 Å². The topological polar surface area (TPSA) is 98.9 Å². The van der Waals surface area contributed by atoms with Gasteiger partial charge in [0.15, 0.2) is 11.5 Å². The lowest BCUT2D eigenvalue weighted by Crippen LogP contribution is -2.36. The summed E-state index contributed by atoms with van der Waals surface area (Å²) in [5, 5.41) is -0.616. The number of carbonyl (C=O) groups excluding carboxylic acids is 3. The molecule has 0 unspecified atom stereocenters. The van der Waals surface area contributed by atoms with E-state index in [9.17, 15) is 23.2 Å². The van der Waals surface area contributed by atoms with Crippen LogP contribution in [0.1, 0.15) is 5.56 Å². The van der Waals surface area contributed by atoms with Crippen LogP contribution < -0.4 is 15.2 Å². The minimum Gasteiger partial charge on any atom is -0.493 e. The third-order valence-electron chi connectivity index (χ3n) is 2.89. The monoisotopic (exact) mass is 358 g/mol. The third-order valence-corrected chi connectivity index (χ3v) is 3.80. The number of hydrogen-bond acceptors (Lipinski definition) is 6. The van der Waals surface area contributed by atoms with E-state index in [1.54, 1.807) is 0 Å². The van der Waals surface area contributed by atoms with Gasteiger partial charge in [0.25, 0.3) is 11.1 Å². The molecule has 1 aromatic rings. The van der Waals surface area contributed by atoms with Crippen molar-refractivity contribution in [1.82, 2.24) is 4.90 Å². The highest BCUT2D eigenvalue weighted by molar-refractivity contribution is 8.18. The zero-order chi connectivity index (χ0) is 17.9. The number of imide groups is 1. The van der Waals surface area contributed by atoms with Crippen LogP contribution in [-0.2, 0) is 9.59 Å². The molecule has 1 fully saturated rings. The molecule has 128 valence electrons. The fourth-order valence-electron chi connectivity index (χ4n) is 1.91. The first-order valence-corrected chi connectivity index (χ1v) is 7.30. The summed E-state index contributed by atoms with van der Waals surface area (Å²) in [6, 6.07) is 4.05. The molecular formula is C14H12F2N2O5S. The molecule has 0 aromatic heterocycles. The van der Waals surface area contributed by atoms with Gasteiger partial charge >= 0.3 is 6.61 Å². The number of methoxy groups -OCH3 is 1. The normalized spacial score (nSPS) is 16.2. The van der Waals surface area contributed by atoms with Gasteiger partial charge in [0.1, 0.15) is 6.54 Å². The summed E-state index contributed by atoms with van der Waals surface area (Å²) in [7, 11) is 1.28. The van der Waals surface area contributed by atoms with Crippen LogP contribution >= 0.6 is 11.8 Å². The Morgan fingerprint density at radius 3 is 2.67 bits per heavy atom. The smallest absolute Gasteiger partial charge is 0.387 e. The molecule has 0 bridgehead atoms. The number of thioether (sulfide) groups is 1. The minimum atomic E-state index is -3.00. The summed E-state index contributed by atoms with van der Waals surface area (Å²) >= 11 is 0.646. The maximum atomic E-state index is 12.3. The minimum absolute atomic E-state index is 0.0421. The van der Waals surface area contributed by atoms with Crippen LogP contribution in [0.4, 0.5) is 13.6 Å². The van der Waals surface area contributed by atoms with Crippen LogP contribution in [-0.4, -0.2) is 42.2 Å². The molecule has 2 N–H and O–H groups in total. The number of hydrogen-bond donors (Lipinski definition) is 1. The lowest BCUT2D eigenvalue weighted by atomic mass is 10.2. The highest BCUT2D eigenvalue weighted by Gasteiger charge is 2.35. The van der Waals surface area contributed by atoms with Crippen molar-refractivity contribution in [3.8, 4) is 11.5 Å². The van der Waals surface area contributed by atoms with Crippen LogP contribution in [0.2, 0.25) is 0 Å². The van der Waals surface area contributed by atoms with Crippen molar-refractivity contribution in [2.75, 3.05) is 13.7 Å². The van der Waals surface area contributed by atoms with E-state index in [0.717, 1.165) is 4.90 Å². The largest absolute Gasteiger partial charge is 0.493 e. The average Bonchev–Trinajstić information content (AvgIpc) is 2.75. The molecule has 0 saturated carbocycles. The number of ether oxygens (including phenoxy) is 2. The summed E-state index contributed by atoms with van der Waals surface area (Å²) in [6.45, 7) is -3.51. The van der Waals surface area contributed by atoms with E-state index >= 15 is 0 Å². The maximum absolute atomic E-state index is 12.3. The Morgan fingerprint density at radius 1 is 1.38 bits per heavy atom. The van der Waals surface area contributed by atoms with Gasteiger partial charge in [0, 0.05) is 0 Å². The van der Waals surface area contributed by atoms with Crippen LogP contribution in [0.15, 0.2) is 23.1 Å². The number of amides is 3. The van der Waals surface area contributed by atoms with E-state index in [-0.39, 0.29) is 16.4 Å². The molecule has 10 heteroatoms. The molecule has 2 rings (SSSR count). The number of rotatable bonds is 6. The zero-order valence-corrected chi connectivity index (χ0v) is 13.1. The molecule has 1 aliphatic heterocycles. The van der Waals surface area contributed by atoms with Crippen molar-refractivity contribution in [1.29, 1.82) is 0 Å². The Morgan fingerprint density at radius 2 is 2.08 bits per heavy atom. The van der Waals surface area contributed by atoms with Crippen LogP contribution in [0, 0.1) is 0 Å². The molecule has 3 amide bonds. The van der Waals surface area contributed by atoms with E-state index in [4.69, 9.17) is 10.5 Å². The van der Waals surface area contributed by atoms with Crippen LogP contribution in [0.25, 0.3) is 6.08 Å². The maximum Gasteiger partial charge on any atom is 0.387 e. The van der Waals surface area contributed by atoms with E-state index in [0.29, 0.717) is 17.3 Å². The number of carbonyl (C=O) groups is 3. The molecule has 24 heavy (non-hydrogen) atoms. The molecule has 0 radical (unpaired) electrons. The van der Waals surface area contributed by atoms with Gasteiger partial charge in [0.05, 0.1) is 12.0 Å². The molecule has 1 aromatic carbocycles. The zero-order valence-electron chi connectivity index (χ0n) is 12.3. The van der Waals surface area contributed by atoms with Gasteiger partial charge < -0.3 is 15.2 Å². The Labute approximate surface area is 139 Å². The first kappa shape index (κ1) is 17.7. The van der Waals surface area contributed by atoms with E-state index in [1.807, 2.05) is 0 Å². The standard InChI is InChI=1S/C14H12F2N2O5S/c1-22-9-4-7(2-3-8(9)23-13(15)16)5-10-12(20)18(6-11(17)19)14(21)24-10/h2-5,13H,6H2,1H3,(H2,17,19)/b10-5-. The van der Waals surface area contributed by atoms with Crippen molar-refractivity contribution >= 4 is 34.9 Å². The number of benzene rings is 1. The van der Waals surface area contributed by atoms with Gasteiger partial charge in [-0.05, 0) is 35.5 Å². The molecule has 1 aliphatic rings. The second kappa shape index (κ2) is 7.30. The van der Waals surface area contributed by atoms with Crippen LogP contribution in [0.5, 0.6) is 11.5 Å². The molecular weight excluding hydrogens is 346 g/mol. The fourth-order valence-corrected chi connectivity index (χ4v) is 2.75. The summed E-state index contributed by atoms with van der Waals surface area (Å²) < 4.78 is 33.8. The first-order valence-electron chi connectivity index (χ1n) is 6.48. The van der Waals surface area contributed by atoms with E-state index < -0.39 is 30.2 Å². The van der Waals surface area contributed by atoms with Crippen molar-refractivity contribution in [2.45, 2.75) is 6.61 Å². The molecule has 0 spiro atoms. The van der Waals surface area contributed by atoms with Crippen LogP contribution in [0.3, 0.4) is 0 Å². The second-order valence-corrected chi connectivity index (χ2v) is 5.52. The first-order chi connectivity index (χ1) is 11.3. The summed E-state index contributed by atoms with van der Waals surface area (Å²) in [5.74, 6) is -1.59. The molecule has 1 heterocycles. The second-order valence-electron chi connectivity index (χ2n) is 4.52. The number of alkyl halides is 2. The summed E-state index contributed by atoms with van der Waals surface area (Å²) in [6.07, 6.45) is 1.38. The van der Waals surface area contributed by atoms with E-state index in [1.165, 1.54) is 31.4 Å². The highest BCUT2D eigenvalue weighted by atomic mass is 32.2. The number of halogens is 2. The van der Waals surface area contributed by atoms with Gasteiger partial charge in [0.2, 0.25) is 5.91 Å². The molecule has 1 saturated heterocycles. The van der Waals surface area contributed by atoms with Crippen molar-refractivity contribution in [3.05, 3.63) is 28.7 Å². The van der Waals surface area contributed by atoms with Crippen molar-refractivity contribution in [2.24, 2.45) is 5.73 Å². The van der Waals surface area contributed by atoms with Gasteiger partial charge in [-0.1, -0.05) is 6.07 Å². The Hall–Kier alpha value is -2.62. The summed E-state index contributed by atoms with van der Waals surface area (Å²) in [4.78, 5) is 35.5. The SMILES string of the molecule is COc1cc(/C=C2\SC(=O)N(CC(N)=O)C2=O)ccc1OC(F)F. The lowest BCUT2D eigenvalue weighted by Gasteiger charge is -2.10. The molecule has 0 aliphatic carbocycles. The van der Waals surface area contributed by atoms with Gasteiger partial charge in [-0.15, -0.1) is 0 Å². The average molecular weight is 358 g/mol. The Balaban J connectivity index is 2.26. The van der Waals surface area contributed by atoms with Gasteiger partial charge in [-0.3, -0.25) is 19.3 Å². The summed E-state index contributed by atoms with van der Waals surface area (Å²) in [5.41, 5.74) is 5.41. The van der Waals surface area contributed by atoms with E-state index in [2.05, 4.69) is 4.74 Å². The quantitative estimate of drug-likeness (QED) is 0.779. The lowest BCUT2D eigenvalue weighted by molar-refractivity contribution is -0.127.